The molecular formula is C12H13N3O4. The van der Waals surface area contributed by atoms with Gasteiger partial charge in [0.15, 0.2) is 0 Å². The lowest BCUT2D eigenvalue weighted by atomic mass is 10.3. The molecule has 0 bridgehead atoms. The maximum atomic E-state index is 11.7. The van der Waals surface area contributed by atoms with E-state index in [9.17, 15) is 9.59 Å². The Hall–Kier alpha value is -2.57. The number of aromatic carboxylic acids is 1. The zero-order valence-electron chi connectivity index (χ0n) is 10.3. The average molecular weight is 263 g/mol. The Morgan fingerprint density at radius 2 is 2.32 bits per heavy atom. The van der Waals surface area contributed by atoms with Gasteiger partial charge in [-0.25, -0.2) is 4.79 Å². The zero-order chi connectivity index (χ0) is 13.8. The second-order valence-electron chi connectivity index (χ2n) is 4.03. The summed E-state index contributed by atoms with van der Waals surface area (Å²) >= 11 is 0. The zero-order valence-corrected chi connectivity index (χ0v) is 10.3. The van der Waals surface area contributed by atoms with Gasteiger partial charge >= 0.3 is 5.97 Å². The van der Waals surface area contributed by atoms with Crippen molar-refractivity contribution in [1.82, 2.24) is 15.0 Å². The molecule has 0 aromatic carbocycles. The maximum Gasteiger partial charge on any atom is 0.352 e. The Morgan fingerprint density at radius 1 is 1.53 bits per heavy atom. The molecule has 7 nitrogen and oxygen atoms in total. The first kappa shape index (κ1) is 12.9. The minimum Gasteiger partial charge on any atom is -0.477 e. The van der Waals surface area contributed by atoms with E-state index in [1.165, 1.54) is 10.6 Å². The van der Waals surface area contributed by atoms with Crippen molar-refractivity contribution in [3.05, 3.63) is 41.5 Å². The summed E-state index contributed by atoms with van der Waals surface area (Å²) in [6.45, 7) is 1.96. The lowest BCUT2D eigenvalue weighted by molar-refractivity contribution is -0.121. The van der Waals surface area contributed by atoms with Crippen LogP contribution in [0, 0.1) is 6.92 Å². The first-order chi connectivity index (χ1) is 9.06. The summed E-state index contributed by atoms with van der Waals surface area (Å²) < 4.78 is 6.24. The maximum absolute atomic E-state index is 11.7. The molecule has 2 heterocycles. The van der Waals surface area contributed by atoms with Gasteiger partial charge in [-0.15, -0.1) is 0 Å². The Morgan fingerprint density at radius 3 is 2.95 bits per heavy atom. The lowest BCUT2D eigenvalue weighted by Gasteiger charge is -2.06. The van der Waals surface area contributed by atoms with Crippen molar-refractivity contribution in [2.75, 3.05) is 0 Å². The summed E-state index contributed by atoms with van der Waals surface area (Å²) in [5, 5.41) is 15.3. The van der Waals surface area contributed by atoms with Crippen LogP contribution < -0.4 is 5.32 Å². The van der Waals surface area contributed by atoms with Crippen LogP contribution in [0.15, 0.2) is 28.9 Å². The van der Waals surface area contributed by atoms with Crippen LogP contribution in [0.25, 0.3) is 0 Å². The van der Waals surface area contributed by atoms with E-state index in [1.54, 1.807) is 25.3 Å². The fourth-order valence-corrected chi connectivity index (χ4v) is 1.65. The average Bonchev–Trinajstić information content (AvgIpc) is 2.95. The van der Waals surface area contributed by atoms with Crippen LogP contribution in [0.4, 0.5) is 0 Å². The number of rotatable bonds is 5. The molecule has 0 radical (unpaired) electrons. The van der Waals surface area contributed by atoms with Gasteiger partial charge in [-0.3, -0.25) is 4.79 Å². The van der Waals surface area contributed by atoms with Gasteiger partial charge in [0.25, 0.3) is 0 Å². The van der Waals surface area contributed by atoms with Crippen LogP contribution in [0.2, 0.25) is 0 Å². The summed E-state index contributed by atoms with van der Waals surface area (Å²) in [6.07, 6.45) is 1.54. The SMILES string of the molecule is Cc1cc(CNC(=O)Cn2cccc2C(=O)O)no1. The standard InChI is InChI=1S/C12H13N3O4/c1-8-5-9(14-19-8)6-13-11(16)7-15-4-2-3-10(15)12(17)18/h2-5H,6-7H2,1H3,(H,13,16)(H,17,18). The number of aromatic nitrogens is 2. The molecule has 0 fully saturated rings. The van der Waals surface area contributed by atoms with Gasteiger partial charge in [-0.05, 0) is 19.1 Å². The van der Waals surface area contributed by atoms with Crippen molar-refractivity contribution < 1.29 is 19.2 Å². The molecule has 0 saturated heterocycles. The highest BCUT2D eigenvalue weighted by Gasteiger charge is 2.11. The highest BCUT2D eigenvalue weighted by molar-refractivity contribution is 5.86. The molecule has 2 aromatic heterocycles. The molecule has 0 saturated carbocycles. The summed E-state index contributed by atoms with van der Waals surface area (Å²) in [5.41, 5.74) is 0.698. The van der Waals surface area contributed by atoms with E-state index in [-0.39, 0.29) is 24.7 Å². The van der Waals surface area contributed by atoms with Crippen LogP contribution in [0.3, 0.4) is 0 Å². The Bertz CT molecular complexity index is 600. The summed E-state index contributed by atoms with van der Waals surface area (Å²) in [5.74, 6) is -0.688. The van der Waals surface area contributed by atoms with E-state index < -0.39 is 5.97 Å². The minimum absolute atomic E-state index is 0.0501. The van der Waals surface area contributed by atoms with E-state index in [0.717, 1.165) is 0 Å². The second kappa shape index (κ2) is 5.38. The van der Waals surface area contributed by atoms with Gasteiger partial charge in [-0.2, -0.15) is 0 Å². The quantitative estimate of drug-likeness (QED) is 0.831. The van der Waals surface area contributed by atoms with Crippen molar-refractivity contribution in [3.8, 4) is 0 Å². The van der Waals surface area contributed by atoms with Gasteiger partial charge in [0.05, 0.1) is 6.54 Å². The lowest BCUT2D eigenvalue weighted by Crippen LogP contribution is -2.28. The van der Waals surface area contributed by atoms with Crippen molar-refractivity contribution in [3.63, 3.8) is 0 Å². The van der Waals surface area contributed by atoms with Crippen LogP contribution in [-0.2, 0) is 17.9 Å². The smallest absolute Gasteiger partial charge is 0.352 e. The number of aryl methyl sites for hydroxylation is 1. The molecule has 100 valence electrons. The third-order valence-electron chi connectivity index (χ3n) is 2.51. The molecule has 2 rings (SSSR count). The molecule has 0 aliphatic carbocycles. The van der Waals surface area contributed by atoms with Crippen LogP contribution in [0.5, 0.6) is 0 Å². The Kier molecular flexibility index (Phi) is 3.65. The Labute approximate surface area is 108 Å². The van der Waals surface area contributed by atoms with Gasteiger partial charge in [0.1, 0.15) is 23.7 Å². The predicted molar refractivity (Wildman–Crippen MR) is 64.5 cm³/mol. The molecule has 0 spiro atoms. The molecule has 0 atom stereocenters. The fraction of sp³-hybridized carbons (Fsp3) is 0.250. The van der Waals surface area contributed by atoms with E-state index >= 15 is 0 Å². The largest absolute Gasteiger partial charge is 0.477 e. The molecule has 0 unspecified atom stereocenters. The number of carbonyl (C=O) groups excluding carboxylic acids is 1. The molecule has 0 aliphatic heterocycles. The van der Waals surface area contributed by atoms with Crippen LogP contribution >= 0.6 is 0 Å². The summed E-state index contributed by atoms with van der Waals surface area (Å²) in [7, 11) is 0. The number of nitrogens with one attached hydrogen (secondary N) is 1. The number of hydrogen-bond donors (Lipinski definition) is 2. The minimum atomic E-state index is -1.06. The van der Waals surface area contributed by atoms with E-state index in [4.69, 9.17) is 9.63 Å². The Balaban J connectivity index is 1.90. The third kappa shape index (κ3) is 3.21. The normalized spacial score (nSPS) is 10.4. The molecule has 19 heavy (non-hydrogen) atoms. The number of carboxylic acid groups (broad SMARTS) is 1. The summed E-state index contributed by atoms with van der Waals surface area (Å²) in [6, 6.07) is 4.74. The number of carboxylic acids is 1. The highest BCUT2D eigenvalue weighted by atomic mass is 16.5. The molecule has 2 aromatic rings. The predicted octanol–water partition coefficient (Wildman–Crippen LogP) is 0.799. The monoisotopic (exact) mass is 263 g/mol. The third-order valence-corrected chi connectivity index (χ3v) is 2.51. The first-order valence-corrected chi connectivity index (χ1v) is 5.63. The molecule has 1 amide bonds. The van der Waals surface area contributed by atoms with Gasteiger partial charge in [0, 0.05) is 12.3 Å². The van der Waals surface area contributed by atoms with Crippen molar-refractivity contribution in [2.45, 2.75) is 20.0 Å². The van der Waals surface area contributed by atoms with E-state index in [1.807, 2.05) is 0 Å². The highest BCUT2D eigenvalue weighted by Crippen LogP contribution is 2.03. The van der Waals surface area contributed by atoms with Gasteiger partial charge < -0.3 is 19.5 Å². The van der Waals surface area contributed by atoms with Crippen LogP contribution in [-0.4, -0.2) is 26.7 Å². The van der Waals surface area contributed by atoms with Gasteiger partial charge in [-0.1, -0.05) is 5.16 Å². The number of carbonyl (C=O) groups is 2. The number of amides is 1. The summed E-state index contributed by atoms with van der Waals surface area (Å²) in [4.78, 5) is 22.6. The molecule has 7 heteroatoms. The van der Waals surface area contributed by atoms with Crippen LogP contribution in [0.1, 0.15) is 21.9 Å². The second-order valence-corrected chi connectivity index (χ2v) is 4.03. The molecule has 0 aliphatic rings. The topological polar surface area (TPSA) is 97.4 Å². The first-order valence-electron chi connectivity index (χ1n) is 5.63. The molecule has 2 N–H and O–H groups in total. The van der Waals surface area contributed by atoms with Crippen molar-refractivity contribution in [1.29, 1.82) is 0 Å². The molecular weight excluding hydrogens is 250 g/mol. The van der Waals surface area contributed by atoms with Crippen molar-refractivity contribution >= 4 is 11.9 Å². The van der Waals surface area contributed by atoms with E-state index in [2.05, 4.69) is 10.5 Å². The van der Waals surface area contributed by atoms with E-state index in [0.29, 0.717) is 11.5 Å². The number of nitrogens with zero attached hydrogens (tertiary/aromatic N) is 2. The number of hydrogen-bond acceptors (Lipinski definition) is 4. The van der Waals surface area contributed by atoms with Crippen molar-refractivity contribution in [2.24, 2.45) is 0 Å². The van der Waals surface area contributed by atoms with Gasteiger partial charge in [0.2, 0.25) is 5.91 Å². The fourth-order valence-electron chi connectivity index (χ4n) is 1.65.